The van der Waals surface area contributed by atoms with Gasteiger partial charge in [-0.2, -0.15) is 5.26 Å². The fraction of sp³-hybridized carbons (Fsp3) is 0.276. The molecule has 0 bridgehead atoms. The summed E-state index contributed by atoms with van der Waals surface area (Å²) in [6.45, 7) is 4.20. The molecule has 0 atom stereocenters. The van der Waals surface area contributed by atoms with Gasteiger partial charge in [-0.15, -0.1) is 0 Å². The molecule has 0 spiro atoms. The number of likely N-dealkylation sites (tertiary alicyclic amines) is 1. The lowest BCUT2D eigenvalue weighted by molar-refractivity contribution is -0.128. The van der Waals surface area contributed by atoms with Crippen LogP contribution >= 0.6 is 0 Å². The Morgan fingerprint density at radius 2 is 1.73 bits per heavy atom. The van der Waals surface area contributed by atoms with Gasteiger partial charge in [-0.05, 0) is 69.2 Å². The molecule has 1 fully saturated rings. The first kappa shape index (κ1) is 26.6. The number of anilines is 1. The standard InChI is InChI=1S/C29H30N8O3/c1-29(2,32)16-19(17-30)27(38)35-14-12-21(13-15-35)37-26-24(25(31)33-18-34-26)36(28(37)39)20-8-10-23(11-9-20)40-22-6-4-3-5-7-22/h3-11,16,18,21H,12-15,32H2,1-2H3,(H2,31,33,34)/b19-16-. The van der Waals surface area contributed by atoms with E-state index in [1.165, 1.54) is 17.0 Å². The van der Waals surface area contributed by atoms with Crippen molar-refractivity contribution in [1.29, 1.82) is 5.26 Å². The molecular weight excluding hydrogens is 508 g/mol. The quantitative estimate of drug-likeness (QED) is 0.279. The van der Waals surface area contributed by atoms with Crippen LogP contribution in [0.1, 0.15) is 32.7 Å². The summed E-state index contributed by atoms with van der Waals surface area (Å²) in [5.41, 5.74) is 12.6. The number of hydrogen-bond donors (Lipinski definition) is 2. The summed E-state index contributed by atoms with van der Waals surface area (Å²) in [6, 6.07) is 18.3. The Morgan fingerprint density at radius 3 is 2.35 bits per heavy atom. The molecule has 2 aromatic heterocycles. The fourth-order valence-electron chi connectivity index (χ4n) is 4.94. The SMILES string of the molecule is CC(C)(N)/C=C(/C#N)C(=O)N1CCC(n2c(=O)n(-c3ccc(Oc4ccccc4)cc3)c3c(N)ncnc32)CC1. The van der Waals surface area contributed by atoms with E-state index in [-0.39, 0.29) is 29.0 Å². The van der Waals surface area contributed by atoms with E-state index in [0.717, 1.165) is 0 Å². The summed E-state index contributed by atoms with van der Waals surface area (Å²) >= 11 is 0. The van der Waals surface area contributed by atoms with E-state index in [1.54, 1.807) is 47.6 Å². The lowest BCUT2D eigenvalue weighted by Gasteiger charge is -2.32. The van der Waals surface area contributed by atoms with Gasteiger partial charge >= 0.3 is 5.69 Å². The Balaban J connectivity index is 1.43. The van der Waals surface area contributed by atoms with Crippen molar-refractivity contribution in [3.05, 3.63) is 83.1 Å². The van der Waals surface area contributed by atoms with Crippen molar-refractivity contribution in [2.75, 3.05) is 18.8 Å². The molecule has 11 nitrogen and oxygen atoms in total. The zero-order valence-corrected chi connectivity index (χ0v) is 22.3. The number of ether oxygens (including phenoxy) is 1. The van der Waals surface area contributed by atoms with E-state index in [1.807, 2.05) is 36.4 Å². The smallest absolute Gasteiger partial charge is 0.335 e. The van der Waals surface area contributed by atoms with Gasteiger partial charge in [0.15, 0.2) is 11.5 Å². The van der Waals surface area contributed by atoms with Crippen LogP contribution in [0.5, 0.6) is 11.5 Å². The largest absolute Gasteiger partial charge is 0.457 e. The number of rotatable bonds is 6. The number of fused-ring (bicyclic) bond motifs is 1. The summed E-state index contributed by atoms with van der Waals surface area (Å²) in [5, 5.41) is 9.50. The number of benzene rings is 2. The molecule has 3 heterocycles. The van der Waals surface area contributed by atoms with Gasteiger partial charge in [-0.3, -0.25) is 13.9 Å². The van der Waals surface area contributed by atoms with E-state index >= 15 is 0 Å². The third kappa shape index (κ3) is 5.30. The number of amides is 1. The Hall–Kier alpha value is -4.95. The summed E-state index contributed by atoms with van der Waals surface area (Å²) in [4.78, 5) is 37.0. The van der Waals surface area contributed by atoms with Crippen LogP contribution in [-0.2, 0) is 4.79 Å². The zero-order chi connectivity index (χ0) is 28.4. The summed E-state index contributed by atoms with van der Waals surface area (Å²) in [6.07, 6.45) is 3.83. The van der Waals surface area contributed by atoms with Crippen LogP contribution in [0.3, 0.4) is 0 Å². The van der Waals surface area contributed by atoms with Crippen LogP contribution in [0.15, 0.2) is 77.4 Å². The molecule has 1 amide bonds. The number of nitrogens with two attached hydrogens (primary N) is 2. The van der Waals surface area contributed by atoms with Gasteiger partial charge in [0.05, 0.1) is 5.69 Å². The maximum atomic E-state index is 13.9. The number of carbonyl (C=O) groups is 1. The van der Waals surface area contributed by atoms with Crippen LogP contribution in [0.2, 0.25) is 0 Å². The Labute approximate surface area is 230 Å². The first-order chi connectivity index (χ1) is 19.2. The number of aromatic nitrogens is 4. The van der Waals surface area contributed by atoms with Crippen molar-refractivity contribution in [3.63, 3.8) is 0 Å². The van der Waals surface area contributed by atoms with Gasteiger partial charge in [0.2, 0.25) is 0 Å². The average Bonchev–Trinajstić information content (AvgIpc) is 3.25. The van der Waals surface area contributed by atoms with E-state index in [9.17, 15) is 14.9 Å². The molecule has 5 rings (SSSR count). The van der Waals surface area contributed by atoms with Crippen molar-refractivity contribution in [3.8, 4) is 23.3 Å². The predicted molar refractivity (Wildman–Crippen MR) is 151 cm³/mol. The molecule has 0 radical (unpaired) electrons. The van der Waals surface area contributed by atoms with E-state index < -0.39 is 5.54 Å². The topological polar surface area (TPSA) is 158 Å². The molecule has 1 aliphatic heterocycles. The van der Waals surface area contributed by atoms with Crippen LogP contribution < -0.4 is 21.9 Å². The van der Waals surface area contributed by atoms with Gasteiger partial charge < -0.3 is 21.1 Å². The second-order valence-corrected chi connectivity index (χ2v) is 10.3. The number of piperidine rings is 1. The number of para-hydroxylation sites is 1. The molecule has 1 aliphatic rings. The molecule has 1 saturated heterocycles. The van der Waals surface area contributed by atoms with Crippen molar-refractivity contribution < 1.29 is 9.53 Å². The van der Waals surface area contributed by atoms with Crippen LogP contribution in [0, 0.1) is 11.3 Å². The van der Waals surface area contributed by atoms with Gasteiger partial charge in [-0.25, -0.2) is 14.8 Å². The average molecular weight is 539 g/mol. The highest BCUT2D eigenvalue weighted by atomic mass is 16.5. The molecular formula is C29H30N8O3. The van der Waals surface area contributed by atoms with Crippen molar-refractivity contribution >= 4 is 22.9 Å². The van der Waals surface area contributed by atoms with E-state index in [4.69, 9.17) is 16.2 Å². The molecule has 0 unspecified atom stereocenters. The van der Waals surface area contributed by atoms with Crippen LogP contribution in [0.4, 0.5) is 5.82 Å². The Morgan fingerprint density at radius 1 is 1.07 bits per heavy atom. The summed E-state index contributed by atoms with van der Waals surface area (Å²) in [7, 11) is 0. The first-order valence-corrected chi connectivity index (χ1v) is 12.9. The number of nitrogen functional groups attached to an aromatic ring is 1. The lowest BCUT2D eigenvalue weighted by atomic mass is 10.0. The number of nitrogens with zero attached hydrogens (tertiary/aromatic N) is 6. The van der Waals surface area contributed by atoms with Crippen molar-refractivity contribution in [2.45, 2.75) is 38.3 Å². The molecule has 0 saturated carbocycles. The second kappa shape index (κ2) is 10.7. The van der Waals surface area contributed by atoms with E-state index in [0.29, 0.717) is 54.3 Å². The van der Waals surface area contributed by atoms with Gasteiger partial charge in [0.25, 0.3) is 5.91 Å². The fourth-order valence-corrected chi connectivity index (χ4v) is 4.94. The minimum Gasteiger partial charge on any atom is -0.457 e. The van der Waals surface area contributed by atoms with E-state index in [2.05, 4.69) is 9.97 Å². The summed E-state index contributed by atoms with van der Waals surface area (Å²) in [5.74, 6) is 1.15. The molecule has 0 aliphatic carbocycles. The number of hydrogen-bond acceptors (Lipinski definition) is 8. The molecule has 11 heteroatoms. The normalized spacial score (nSPS) is 14.8. The van der Waals surface area contributed by atoms with Crippen molar-refractivity contribution in [2.24, 2.45) is 5.73 Å². The number of nitriles is 1. The molecule has 2 aromatic carbocycles. The predicted octanol–water partition coefficient (Wildman–Crippen LogP) is 3.31. The highest BCUT2D eigenvalue weighted by Gasteiger charge is 2.30. The molecule has 40 heavy (non-hydrogen) atoms. The third-order valence-electron chi connectivity index (χ3n) is 6.74. The minimum absolute atomic E-state index is 0.0138. The van der Waals surface area contributed by atoms with Gasteiger partial charge in [-0.1, -0.05) is 18.2 Å². The number of imidazole rings is 1. The molecule has 4 aromatic rings. The number of carbonyl (C=O) groups excluding carboxylic acids is 1. The first-order valence-electron chi connectivity index (χ1n) is 12.9. The lowest BCUT2D eigenvalue weighted by Crippen LogP contribution is -2.42. The second-order valence-electron chi connectivity index (χ2n) is 10.3. The van der Waals surface area contributed by atoms with Gasteiger partial charge in [0, 0.05) is 24.7 Å². The maximum absolute atomic E-state index is 13.9. The highest BCUT2D eigenvalue weighted by Crippen LogP contribution is 2.29. The molecule has 204 valence electrons. The zero-order valence-electron chi connectivity index (χ0n) is 22.3. The monoisotopic (exact) mass is 538 g/mol. The summed E-state index contributed by atoms with van der Waals surface area (Å²) < 4.78 is 9.03. The van der Waals surface area contributed by atoms with Crippen molar-refractivity contribution in [1.82, 2.24) is 24.0 Å². The third-order valence-corrected chi connectivity index (χ3v) is 6.74. The Kier molecular flexibility index (Phi) is 7.11. The molecule has 4 N–H and O–H groups in total. The van der Waals surface area contributed by atoms with Gasteiger partial charge in [0.1, 0.15) is 35.0 Å². The van der Waals surface area contributed by atoms with Crippen LogP contribution in [0.25, 0.3) is 16.9 Å². The highest BCUT2D eigenvalue weighted by molar-refractivity contribution is 5.97. The maximum Gasteiger partial charge on any atom is 0.335 e. The van der Waals surface area contributed by atoms with Crippen LogP contribution in [-0.4, -0.2) is 48.5 Å². The Bertz CT molecular complexity index is 1670. The minimum atomic E-state index is -0.792.